The monoisotopic (exact) mass is 423 g/mol. The van der Waals surface area contributed by atoms with Gasteiger partial charge in [-0.25, -0.2) is 5.32 Å². The van der Waals surface area contributed by atoms with Crippen LogP contribution in [0.5, 0.6) is 5.88 Å². The Hall–Kier alpha value is -2.54. The third-order valence-corrected chi connectivity index (χ3v) is 5.59. The van der Waals surface area contributed by atoms with Crippen molar-refractivity contribution < 1.29 is 29.2 Å². The first kappa shape index (κ1) is 22.2. The molecule has 30 heavy (non-hydrogen) atoms. The van der Waals surface area contributed by atoms with Gasteiger partial charge < -0.3 is 19.7 Å². The number of carbonyl (C=O) groups excluding carboxylic acids is 1. The molecule has 1 saturated heterocycles. The number of aliphatic carboxylic acids is 1. The van der Waals surface area contributed by atoms with Gasteiger partial charge in [0.05, 0.1) is 5.54 Å². The normalized spacial score (nSPS) is 28.4. The molecule has 3 atom stereocenters. The van der Waals surface area contributed by atoms with Crippen molar-refractivity contribution >= 4 is 18.6 Å². The lowest BCUT2D eigenvalue weighted by Crippen LogP contribution is -2.67. The lowest BCUT2D eigenvalue weighted by molar-refractivity contribution is -0.261. The SMILES string of the molecule is CC1(C)CC(NC2N=CCN2)(Oc2cc(C(CNC=O)C(=O)O)on2)C(C)(C)N1[O]. The van der Waals surface area contributed by atoms with Crippen LogP contribution in [0.3, 0.4) is 0 Å². The van der Waals surface area contributed by atoms with Crippen molar-refractivity contribution in [3.8, 4) is 5.88 Å². The summed E-state index contributed by atoms with van der Waals surface area (Å²) in [5, 5.41) is 36.0. The molecule has 0 saturated carbocycles. The number of carboxylic acids is 1. The molecule has 0 aliphatic carbocycles. The third-order valence-electron chi connectivity index (χ3n) is 5.59. The standard InChI is InChI=1S/C18H27N6O6/c1-16(2)9-18(17(3,4)24(16)28,22-15-20-5-6-21-15)29-13-7-12(30-23-13)11(14(26)27)8-19-10-25/h5,7,10-11,15,21-22H,6,8-9H2,1-4H3,(H,19,25)(H,26,27). The molecule has 3 unspecified atom stereocenters. The maximum Gasteiger partial charge on any atom is 0.316 e. The van der Waals surface area contributed by atoms with Gasteiger partial charge in [-0.1, -0.05) is 0 Å². The summed E-state index contributed by atoms with van der Waals surface area (Å²) in [5.74, 6) is -2.27. The molecule has 2 aliphatic heterocycles. The molecule has 3 rings (SSSR count). The zero-order valence-electron chi connectivity index (χ0n) is 17.3. The Kier molecular flexibility index (Phi) is 5.87. The van der Waals surface area contributed by atoms with Crippen molar-refractivity contribution in [2.24, 2.45) is 4.99 Å². The van der Waals surface area contributed by atoms with Gasteiger partial charge in [0.1, 0.15) is 5.92 Å². The van der Waals surface area contributed by atoms with Gasteiger partial charge in [-0.2, -0.15) is 0 Å². The lowest BCUT2D eigenvalue weighted by Gasteiger charge is -2.42. The minimum atomic E-state index is -1.20. The van der Waals surface area contributed by atoms with Crippen LogP contribution >= 0.6 is 0 Å². The summed E-state index contributed by atoms with van der Waals surface area (Å²) in [7, 11) is 0. The van der Waals surface area contributed by atoms with Crippen LogP contribution in [-0.4, -0.2) is 70.1 Å². The Morgan fingerprint density at radius 1 is 1.50 bits per heavy atom. The van der Waals surface area contributed by atoms with Crippen LogP contribution in [0.25, 0.3) is 0 Å². The van der Waals surface area contributed by atoms with Crippen molar-refractivity contribution in [1.82, 2.24) is 26.2 Å². The summed E-state index contributed by atoms with van der Waals surface area (Å²) in [6, 6.07) is 1.36. The highest BCUT2D eigenvalue weighted by molar-refractivity contribution is 5.76. The van der Waals surface area contributed by atoms with Gasteiger partial charge in [-0.15, -0.1) is 10.3 Å². The van der Waals surface area contributed by atoms with Gasteiger partial charge in [0.15, 0.2) is 17.8 Å². The molecule has 1 amide bonds. The minimum absolute atomic E-state index is 0.0213. The quantitative estimate of drug-likeness (QED) is 0.312. The second kappa shape index (κ2) is 7.95. The summed E-state index contributed by atoms with van der Waals surface area (Å²) < 4.78 is 11.4. The van der Waals surface area contributed by atoms with E-state index in [4.69, 9.17) is 9.26 Å². The highest BCUT2D eigenvalue weighted by atomic mass is 16.6. The molecule has 3 heterocycles. The van der Waals surface area contributed by atoms with Gasteiger partial charge in [0.2, 0.25) is 6.41 Å². The van der Waals surface area contributed by atoms with Gasteiger partial charge >= 0.3 is 5.97 Å². The Morgan fingerprint density at radius 2 is 2.23 bits per heavy atom. The van der Waals surface area contributed by atoms with E-state index in [-0.39, 0.29) is 18.2 Å². The van der Waals surface area contributed by atoms with Crippen molar-refractivity contribution in [3.05, 3.63) is 11.8 Å². The van der Waals surface area contributed by atoms with E-state index >= 15 is 0 Å². The van der Waals surface area contributed by atoms with Gasteiger partial charge in [0.25, 0.3) is 5.88 Å². The second-order valence-corrected chi connectivity index (χ2v) is 8.54. The van der Waals surface area contributed by atoms with Crippen LogP contribution in [0.2, 0.25) is 0 Å². The topological polar surface area (TPSA) is 161 Å². The van der Waals surface area contributed by atoms with E-state index in [2.05, 4.69) is 26.1 Å². The second-order valence-electron chi connectivity index (χ2n) is 8.54. The largest absolute Gasteiger partial charge is 0.481 e. The van der Waals surface area contributed by atoms with E-state index in [0.717, 1.165) is 5.06 Å². The number of ether oxygens (including phenoxy) is 1. The Bertz CT molecular complexity index is 824. The van der Waals surface area contributed by atoms with Crippen LogP contribution < -0.4 is 20.7 Å². The van der Waals surface area contributed by atoms with Crippen LogP contribution in [0, 0.1) is 0 Å². The zero-order chi connectivity index (χ0) is 22.2. The number of hydroxylamine groups is 2. The average Bonchev–Trinajstić information content (AvgIpc) is 3.34. The van der Waals surface area contributed by atoms with Gasteiger partial charge in [0, 0.05) is 37.3 Å². The first-order valence-corrected chi connectivity index (χ1v) is 9.58. The first-order chi connectivity index (χ1) is 14.0. The fourth-order valence-electron chi connectivity index (χ4n) is 4.06. The molecule has 1 fully saturated rings. The Labute approximate surface area is 173 Å². The highest BCUT2D eigenvalue weighted by Crippen LogP contribution is 2.47. The molecule has 0 bridgehead atoms. The predicted molar refractivity (Wildman–Crippen MR) is 103 cm³/mol. The van der Waals surface area contributed by atoms with Crippen LogP contribution in [0.4, 0.5) is 0 Å². The molecule has 2 aliphatic rings. The van der Waals surface area contributed by atoms with E-state index in [0.29, 0.717) is 19.4 Å². The fraction of sp³-hybridized carbons (Fsp3) is 0.667. The van der Waals surface area contributed by atoms with Crippen molar-refractivity contribution in [2.75, 3.05) is 13.1 Å². The van der Waals surface area contributed by atoms with E-state index in [1.165, 1.54) is 6.07 Å². The molecule has 4 N–H and O–H groups in total. The van der Waals surface area contributed by atoms with E-state index in [1.54, 1.807) is 20.1 Å². The molecule has 1 radical (unpaired) electrons. The molecule has 12 heteroatoms. The number of nitrogens with one attached hydrogen (secondary N) is 3. The third kappa shape index (κ3) is 3.90. The van der Waals surface area contributed by atoms with E-state index < -0.39 is 35.0 Å². The number of aliphatic imine (C=N–C) groups is 1. The van der Waals surface area contributed by atoms with E-state index in [9.17, 15) is 19.9 Å². The number of aromatic nitrogens is 1. The first-order valence-electron chi connectivity index (χ1n) is 9.58. The number of amides is 1. The van der Waals surface area contributed by atoms with Crippen LogP contribution in [-0.2, 0) is 14.8 Å². The predicted octanol–water partition coefficient (Wildman–Crippen LogP) is -0.180. The molecular weight excluding hydrogens is 396 g/mol. The smallest absolute Gasteiger partial charge is 0.316 e. The number of carbonyl (C=O) groups is 2. The lowest BCUT2D eigenvalue weighted by atomic mass is 9.89. The average molecular weight is 423 g/mol. The Balaban J connectivity index is 1.91. The molecule has 0 spiro atoms. The van der Waals surface area contributed by atoms with E-state index in [1.807, 2.05) is 13.8 Å². The molecule has 1 aromatic heterocycles. The molecular formula is C18H27N6O6. The summed E-state index contributed by atoms with van der Waals surface area (Å²) in [6.07, 6.45) is 1.98. The number of carboxylic acid groups (broad SMARTS) is 1. The van der Waals surface area contributed by atoms with Crippen molar-refractivity contribution in [1.29, 1.82) is 0 Å². The Morgan fingerprint density at radius 3 is 2.77 bits per heavy atom. The number of hydrogen-bond donors (Lipinski definition) is 4. The van der Waals surface area contributed by atoms with Gasteiger partial charge in [-0.05, 0) is 32.9 Å². The molecule has 165 valence electrons. The van der Waals surface area contributed by atoms with Crippen molar-refractivity contribution in [3.63, 3.8) is 0 Å². The number of rotatable bonds is 9. The molecule has 0 aromatic carbocycles. The zero-order valence-corrected chi connectivity index (χ0v) is 17.3. The summed E-state index contributed by atoms with van der Waals surface area (Å²) >= 11 is 0. The van der Waals surface area contributed by atoms with Gasteiger partial charge in [-0.3, -0.25) is 19.9 Å². The van der Waals surface area contributed by atoms with Crippen molar-refractivity contribution in [2.45, 2.75) is 63.1 Å². The maximum absolute atomic E-state index is 13.0. The minimum Gasteiger partial charge on any atom is -0.481 e. The summed E-state index contributed by atoms with van der Waals surface area (Å²) in [4.78, 5) is 26.4. The summed E-state index contributed by atoms with van der Waals surface area (Å²) in [5.41, 5.74) is -2.98. The maximum atomic E-state index is 13.0. The highest BCUT2D eigenvalue weighted by Gasteiger charge is 2.65. The fourth-order valence-corrected chi connectivity index (χ4v) is 4.06. The number of nitrogens with zero attached hydrogens (tertiary/aromatic N) is 3. The van der Waals surface area contributed by atoms with Crippen LogP contribution in [0.1, 0.15) is 45.8 Å². The molecule has 12 nitrogen and oxygen atoms in total. The number of hydrogen-bond acceptors (Lipinski definition) is 9. The van der Waals surface area contributed by atoms with Crippen LogP contribution in [0.15, 0.2) is 15.6 Å². The summed E-state index contributed by atoms with van der Waals surface area (Å²) in [6.45, 7) is 7.57. The molecule has 1 aromatic rings.